The van der Waals surface area contributed by atoms with Gasteiger partial charge in [-0.3, -0.25) is 4.79 Å². The number of aliphatic hydroxyl groups excluding tert-OH is 1. The van der Waals surface area contributed by atoms with Gasteiger partial charge >= 0.3 is 5.97 Å². The van der Waals surface area contributed by atoms with Gasteiger partial charge in [-0.2, -0.15) is 0 Å². The van der Waals surface area contributed by atoms with E-state index in [0.717, 1.165) is 0 Å². The molecular formula is C14H20O4. The number of hydrogen-bond donors (Lipinski definition) is 1. The topological polar surface area (TPSA) is 55.8 Å². The minimum atomic E-state index is -0.871. The molecule has 2 atom stereocenters. The first kappa shape index (κ1) is 14.5. The zero-order chi connectivity index (χ0) is 13.5. The Morgan fingerprint density at radius 3 is 2.67 bits per heavy atom. The summed E-state index contributed by atoms with van der Waals surface area (Å²) in [6, 6.07) is 7.08. The molecule has 0 heterocycles. The Morgan fingerprint density at radius 2 is 2.11 bits per heavy atom. The van der Waals surface area contributed by atoms with Crippen molar-refractivity contribution in [2.24, 2.45) is 5.92 Å². The molecule has 18 heavy (non-hydrogen) atoms. The van der Waals surface area contributed by atoms with Gasteiger partial charge in [0.2, 0.25) is 0 Å². The number of ether oxygens (including phenoxy) is 2. The molecule has 0 saturated heterocycles. The van der Waals surface area contributed by atoms with Crippen LogP contribution in [0.1, 0.15) is 31.9 Å². The molecule has 1 N–H and O–H groups in total. The summed E-state index contributed by atoms with van der Waals surface area (Å²) in [6.07, 6.45) is -0.346. The van der Waals surface area contributed by atoms with Gasteiger partial charge in [0.15, 0.2) is 0 Å². The number of carbonyl (C=O) groups is 1. The van der Waals surface area contributed by atoms with Crippen LogP contribution in [0.5, 0.6) is 5.75 Å². The average molecular weight is 252 g/mol. The summed E-state index contributed by atoms with van der Waals surface area (Å²) in [7, 11) is 1.56. The Hall–Kier alpha value is -1.55. The van der Waals surface area contributed by atoms with Crippen LogP contribution in [0, 0.1) is 5.92 Å². The second kappa shape index (κ2) is 7.01. The quantitative estimate of drug-likeness (QED) is 0.789. The van der Waals surface area contributed by atoms with Crippen molar-refractivity contribution < 1.29 is 19.4 Å². The van der Waals surface area contributed by atoms with E-state index in [2.05, 4.69) is 0 Å². The third-order valence-corrected chi connectivity index (χ3v) is 2.85. The fraction of sp³-hybridized carbons (Fsp3) is 0.500. The van der Waals surface area contributed by atoms with Crippen LogP contribution in [-0.2, 0) is 9.53 Å². The predicted octanol–water partition coefficient (Wildman–Crippen LogP) is 2.32. The summed E-state index contributed by atoms with van der Waals surface area (Å²) in [5.41, 5.74) is 0.661. The average Bonchev–Trinajstić information content (AvgIpc) is 2.40. The lowest BCUT2D eigenvalue weighted by Gasteiger charge is -2.20. The molecule has 4 heteroatoms. The van der Waals surface area contributed by atoms with E-state index >= 15 is 0 Å². The minimum Gasteiger partial charge on any atom is -0.497 e. The Morgan fingerprint density at radius 1 is 1.39 bits per heavy atom. The molecule has 0 amide bonds. The van der Waals surface area contributed by atoms with Gasteiger partial charge in [0.1, 0.15) is 5.75 Å². The molecular weight excluding hydrogens is 232 g/mol. The maximum Gasteiger partial charge on any atom is 0.311 e. The van der Waals surface area contributed by atoms with Gasteiger partial charge in [-0.05, 0) is 31.0 Å². The molecule has 0 spiro atoms. The maximum absolute atomic E-state index is 11.7. The SMILES string of the molecule is CCOC(=O)C(CC)C(O)c1cccc(OC)c1. The molecule has 2 unspecified atom stereocenters. The molecule has 0 aromatic heterocycles. The number of rotatable bonds is 6. The van der Waals surface area contributed by atoms with Gasteiger partial charge in [0.25, 0.3) is 0 Å². The molecule has 0 radical (unpaired) electrons. The van der Waals surface area contributed by atoms with E-state index in [0.29, 0.717) is 24.3 Å². The van der Waals surface area contributed by atoms with Crippen molar-refractivity contribution in [3.63, 3.8) is 0 Å². The van der Waals surface area contributed by atoms with Crippen molar-refractivity contribution in [3.8, 4) is 5.75 Å². The third kappa shape index (κ3) is 3.47. The monoisotopic (exact) mass is 252 g/mol. The van der Waals surface area contributed by atoms with Crippen LogP contribution < -0.4 is 4.74 Å². The fourth-order valence-electron chi connectivity index (χ4n) is 1.83. The van der Waals surface area contributed by atoms with Crippen LogP contribution in [0.4, 0.5) is 0 Å². The Balaban J connectivity index is 2.88. The summed E-state index contributed by atoms with van der Waals surface area (Å²) in [6.45, 7) is 3.92. The van der Waals surface area contributed by atoms with Gasteiger partial charge in [-0.25, -0.2) is 0 Å². The highest BCUT2D eigenvalue weighted by Crippen LogP contribution is 2.28. The van der Waals surface area contributed by atoms with Crippen molar-refractivity contribution in [3.05, 3.63) is 29.8 Å². The number of esters is 1. The van der Waals surface area contributed by atoms with Gasteiger partial charge in [-0.15, -0.1) is 0 Å². The van der Waals surface area contributed by atoms with E-state index in [1.807, 2.05) is 6.92 Å². The fourth-order valence-corrected chi connectivity index (χ4v) is 1.83. The maximum atomic E-state index is 11.7. The predicted molar refractivity (Wildman–Crippen MR) is 68.4 cm³/mol. The highest BCUT2D eigenvalue weighted by Gasteiger charge is 2.27. The molecule has 0 aliphatic carbocycles. The van der Waals surface area contributed by atoms with E-state index in [9.17, 15) is 9.90 Å². The number of hydrogen-bond acceptors (Lipinski definition) is 4. The molecule has 0 aliphatic heterocycles. The first-order chi connectivity index (χ1) is 8.63. The number of benzene rings is 1. The van der Waals surface area contributed by atoms with Crippen LogP contribution in [0.25, 0.3) is 0 Å². The van der Waals surface area contributed by atoms with Gasteiger partial charge in [0.05, 0.1) is 25.7 Å². The van der Waals surface area contributed by atoms with Crippen LogP contribution in [-0.4, -0.2) is 24.8 Å². The second-order valence-electron chi connectivity index (χ2n) is 3.99. The second-order valence-corrected chi connectivity index (χ2v) is 3.99. The lowest BCUT2D eigenvalue weighted by molar-refractivity contribution is -0.152. The van der Waals surface area contributed by atoms with Crippen molar-refractivity contribution in [1.82, 2.24) is 0 Å². The molecule has 1 rings (SSSR count). The zero-order valence-corrected chi connectivity index (χ0v) is 11.1. The number of aliphatic hydroxyl groups is 1. The van der Waals surface area contributed by atoms with Crippen molar-refractivity contribution in [2.45, 2.75) is 26.4 Å². The largest absolute Gasteiger partial charge is 0.497 e. The third-order valence-electron chi connectivity index (χ3n) is 2.85. The van der Waals surface area contributed by atoms with Crippen LogP contribution in [0.3, 0.4) is 0 Å². The molecule has 0 saturated carbocycles. The van der Waals surface area contributed by atoms with Crippen molar-refractivity contribution in [2.75, 3.05) is 13.7 Å². The lowest BCUT2D eigenvalue weighted by Crippen LogP contribution is -2.24. The van der Waals surface area contributed by atoms with E-state index < -0.39 is 12.0 Å². The number of carbonyl (C=O) groups excluding carboxylic acids is 1. The molecule has 0 bridgehead atoms. The lowest BCUT2D eigenvalue weighted by atomic mass is 9.93. The van der Waals surface area contributed by atoms with Crippen LogP contribution in [0.15, 0.2) is 24.3 Å². The summed E-state index contributed by atoms with van der Waals surface area (Å²) in [4.78, 5) is 11.7. The molecule has 0 fully saturated rings. The van der Waals surface area contributed by atoms with Gasteiger partial charge < -0.3 is 14.6 Å². The smallest absolute Gasteiger partial charge is 0.311 e. The Labute approximate surface area is 108 Å². The van der Waals surface area contributed by atoms with Crippen LogP contribution >= 0.6 is 0 Å². The van der Waals surface area contributed by atoms with Crippen molar-refractivity contribution in [1.29, 1.82) is 0 Å². The van der Waals surface area contributed by atoms with Crippen LogP contribution in [0.2, 0.25) is 0 Å². The summed E-state index contributed by atoms with van der Waals surface area (Å²) < 4.78 is 10.1. The summed E-state index contributed by atoms with van der Waals surface area (Å²) in [5, 5.41) is 10.2. The zero-order valence-electron chi connectivity index (χ0n) is 11.1. The highest BCUT2D eigenvalue weighted by molar-refractivity contribution is 5.73. The first-order valence-corrected chi connectivity index (χ1v) is 6.12. The standard InChI is InChI=1S/C14H20O4/c1-4-12(14(16)18-5-2)13(15)10-7-6-8-11(9-10)17-3/h6-9,12-13,15H,4-5H2,1-3H3. The van der Waals surface area contributed by atoms with Gasteiger partial charge in [-0.1, -0.05) is 19.1 Å². The molecule has 1 aromatic rings. The minimum absolute atomic E-state index is 0.320. The van der Waals surface area contributed by atoms with Gasteiger partial charge in [0, 0.05) is 0 Å². The normalized spacial score (nSPS) is 13.8. The summed E-state index contributed by atoms with van der Waals surface area (Å²) in [5.74, 6) is -0.252. The Bertz CT molecular complexity index is 389. The highest BCUT2D eigenvalue weighted by atomic mass is 16.5. The van der Waals surface area contributed by atoms with E-state index in [-0.39, 0.29) is 5.97 Å². The molecule has 100 valence electrons. The van der Waals surface area contributed by atoms with Crippen molar-refractivity contribution >= 4 is 5.97 Å². The van der Waals surface area contributed by atoms with E-state index in [1.165, 1.54) is 0 Å². The molecule has 0 aliphatic rings. The summed E-state index contributed by atoms with van der Waals surface area (Å²) >= 11 is 0. The molecule has 4 nitrogen and oxygen atoms in total. The number of methoxy groups -OCH3 is 1. The Kier molecular flexibility index (Phi) is 5.65. The van der Waals surface area contributed by atoms with E-state index in [1.54, 1.807) is 38.3 Å². The molecule has 1 aromatic carbocycles. The van der Waals surface area contributed by atoms with E-state index in [4.69, 9.17) is 9.47 Å². The first-order valence-electron chi connectivity index (χ1n) is 6.12.